The summed E-state index contributed by atoms with van der Waals surface area (Å²) < 4.78 is 13.9. The van der Waals surface area contributed by atoms with Crippen LogP contribution in [-0.4, -0.2) is 23.5 Å². The van der Waals surface area contributed by atoms with Crippen LogP contribution in [0.3, 0.4) is 0 Å². The molecule has 100 valence electrons. The molecule has 0 aliphatic rings. The molecule has 2 aromatic rings. The summed E-state index contributed by atoms with van der Waals surface area (Å²) in [4.78, 5) is 22.6. The highest BCUT2D eigenvalue weighted by Gasteiger charge is 2.10. The minimum absolute atomic E-state index is 0.0257. The zero-order valence-electron chi connectivity index (χ0n) is 9.98. The van der Waals surface area contributed by atoms with Crippen molar-refractivity contribution in [1.82, 2.24) is 5.32 Å². The third kappa shape index (κ3) is 3.51. The number of thiophene rings is 1. The summed E-state index contributed by atoms with van der Waals surface area (Å²) in [7, 11) is 0. The Kier molecular flexibility index (Phi) is 4.11. The van der Waals surface area contributed by atoms with Crippen LogP contribution in [0.2, 0.25) is 0 Å². The zero-order chi connectivity index (χ0) is 13.8. The first-order chi connectivity index (χ1) is 9.06. The third-order valence-electron chi connectivity index (χ3n) is 2.56. The molecule has 1 heterocycles. The Morgan fingerprint density at radius 2 is 2.11 bits per heavy atom. The minimum atomic E-state index is -0.883. The van der Waals surface area contributed by atoms with Gasteiger partial charge in [0.05, 0.1) is 4.88 Å². The van der Waals surface area contributed by atoms with Gasteiger partial charge in [-0.1, -0.05) is 0 Å². The number of rotatable bonds is 5. The molecule has 0 saturated heterocycles. The van der Waals surface area contributed by atoms with Crippen LogP contribution in [0.1, 0.15) is 22.5 Å². The lowest BCUT2D eigenvalue weighted by Crippen LogP contribution is -2.23. The van der Waals surface area contributed by atoms with Crippen molar-refractivity contribution in [2.45, 2.75) is 12.8 Å². The molecule has 0 saturated carbocycles. The fourth-order valence-electron chi connectivity index (χ4n) is 1.65. The Morgan fingerprint density at radius 1 is 1.32 bits per heavy atom. The lowest BCUT2D eigenvalue weighted by atomic mass is 10.2. The van der Waals surface area contributed by atoms with E-state index in [0.717, 1.165) is 4.70 Å². The predicted molar refractivity (Wildman–Crippen MR) is 71.0 cm³/mol. The number of carboxylic acid groups (broad SMARTS) is 1. The van der Waals surface area contributed by atoms with Gasteiger partial charge in [0.15, 0.2) is 0 Å². The summed E-state index contributed by atoms with van der Waals surface area (Å²) in [6, 6.07) is 6.01. The average molecular weight is 281 g/mol. The Labute approximate surface area is 112 Å². The number of fused-ring (bicyclic) bond motifs is 1. The van der Waals surface area contributed by atoms with Gasteiger partial charge in [-0.3, -0.25) is 9.59 Å². The van der Waals surface area contributed by atoms with Gasteiger partial charge in [-0.2, -0.15) is 0 Å². The van der Waals surface area contributed by atoms with Crippen molar-refractivity contribution in [2.75, 3.05) is 6.54 Å². The Morgan fingerprint density at radius 3 is 2.84 bits per heavy atom. The maximum absolute atomic E-state index is 13.0. The van der Waals surface area contributed by atoms with E-state index in [1.807, 2.05) is 0 Å². The first-order valence-electron chi connectivity index (χ1n) is 5.75. The molecule has 0 bridgehead atoms. The molecule has 0 fully saturated rings. The zero-order valence-corrected chi connectivity index (χ0v) is 10.8. The molecule has 1 aromatic carbocycles. The van der Waals surface area contributed by atoms with Crippen LogP contribution in [0.15, 0.2) is 24.3 Å². The first-order valence-corrected chi connectivity index (χ1v) is 6.57. The molecular weight excluding hydrogens is 269 g/mol. The van der Waals surface area contributed by atoms with Gasteiger partial charge in [-0.05, 0) is 36.1 Å². The van der Waals surface area contributed by atoms with Gasteiger partial charge in [0.1, 0.15) is 5.82 Å². The largest absolute Gasteiger partial charge is 0.481 e. The van der Waals surface area contributed by atoms with Crippen LogP contribution in [0.4, 0.5) is 4.39 Å². The summed E-state index contributed by atoms with van der Waals surface area (Å²) in [6.45, 7) is 0.313. The second-order valence-corrected chi connectivity index (χ2v) is 5.13. The van der Waals surface area contributed by atoms with Crippen molar-refractivity contribution in [1.29, 1.82) is 0 Å². The number of halogens is 1. The second-order valence-electron chi connectivity index (χ2n) is 4.05. The van der Waals surface area contributed by atoms with E-state index in [0.29, 0.717) is 23.2 Å². The molecule has 1 amide bonds. The molecule has 4 nitrogen and oxygen atoms in total. The molecule has 2 rings (SSSR count). The summed E-state index contributed by atoms with van der Waals surface area (Å²) in [5.74, 6) is -1.47. The van der Waals surface area contributed by atoms with Crippen LogP contribution in [-0.2, 0) is 4.79 Å². The summed E-state index contributed by atoms with van der Waals surface area (Å²) >= 11 is 1.28. The van der Waals surface area contributed by atoms with Gasteiger partial charge in [0.2, 0.25) is 0 Å². The van der Waals surface area contributed by atoms with Gasteiger partial charge >= 0.3 is 5.97 Å². The van der Waals surface area contributed by atoms with Gasteiger partial charge in [0, 0.05) is 17.7 Å². The van der Waals surface area contributed by atoms with E-state index in [-0.39, 0.29) is 18.1 Å². The number of amides is 1. The Bertz CT molecular complexity index is 623. The molecule has 1 aromatic heterocycles. The van der Waals surface area contributed by atoms with Crippen LogP contribution < -0.4 is 5.32 Å². The standard InChI is InChI=1S/C13H12FNO3S/c14-9-3-4-10-8(6-9)7-11(19-10)13(18)15-5-1-2-12(16)17/h3-4,6-7H,1-2,5H2,(H,15,18)(H,16,17). The molecule has 0 spiro atoms. The van der Waals surface area contributed by atoms with Crippen LogP contribution in [0.5, 0.6) is 0 Å². The predicted octanol–water partition coefficient (Wildman–Crippen LogP) is 2.64. The molecule has 0 radical (unpaired) electrons. The smallest absolute Gasteiger partial charge is 0.303 e. The molecular formula is C13H12FNO3S. The molecule has 2 N–H and O–H groups in total. The molecule has 6 heteroatoms. The van der Waals surface area contributed by atoms with Crippen molar-refractivity contribution >= 4 is 33.3 Å². The summed E-state index contributed by atoms with van der Waals surface area (Å²) in [5, 5.41) is 11.8. The van der Waals surface area contributed by atoms with Crippen LogP contribution in [0, 0.1) is 5.82 Å². The van der Waals surface area contributed by atoms with Gasteiger partial charge < -0.3 is 10.4 Å². The number of hydrogen-bond acceptors (Lipinski definition) is 3. The molecule has 19 heavy (non-hydrogen) atoms. The summed E-state index contributed by atoms with van der Waals surface area (Å²) in [5.41, 5.74) is 0. The molecule has 0 atom stereocenters. The normalized spacial score (nSPS) is 10.6. The lowest BCUT2D eigenvalue weighted by Gasteiger charge is -2.01. The Balaban J connectivity index is 1.99. The van der Waals surface area contributed by atoms with E-state index in [1.165, 1.54) is 23.5 Å². The number of carboxylic acids is 1. The number of carbonyl (C=O) groups excluding carboxylic acids is 1. The van der Waals surface area contributed by atoms with Crippen molar-refractivity contribution in [2.24, 2.45) is 0 Å². The fraction of sp³-hybridized carbons (Fsp3) is 0.231. The maximum atomic E-state index is 13.0. The van der Waals surface area contributed by atoms with Crippen LogP contribution in [0.25, 0.3) is 10.1 Å². The number of aliphatic carboxylic acids is 1. The van der Waals surface area contributed by atoms with Crippen molar-refractivity contribution in [3.8, 4) is 0 Å². The fourth-order valence-corrected chi connectivity index (χ4v) is 2.61. The second kappa shape index (κ2) is 5.79. The van der Waals surface area contributed by atoms with Gasteiger partial charge in [-0.25, -0.2) is 4.39 Å². The monoisotopic (exact) mass is 281 g/mol. The SMILES string of the molecule is O=C(O)CCCNC(=O)c1cc2cc(F)ccc2s1. The highest BCUT2D eigenvalue weighted by Crippen LogP contribution is 2.26. The van der Waals surface area contributed by atoms with Crippen molar-refractivity contribution < 1.29 is 19.1 Å². The van der Waals surface area contributed by atoms with E-state index < -0.39 is 5.97 Å². The van der Waals surface area contributed by atoms with E-state index >= 15 is 0 Å². The number of nitrogens with one attached hydrogen (secondary N) is 1. The first kappa shape index (κ1) is 13.5. The van der Waals surface area contributed by atoms with E-state index in [2.05, 4.69) is 5.32 Å². The third-order valence-corrected chi connectivity index (χ3v) is 3.67. The highest BCUT2D eigenvalue weighted by molar-refractivity contribution is 7.20. The number of benzene rings is 1. The topological polar surface area (TPSA) is 66.4 Å². The van der Waals surface area contributed by atoms with Crippen LogP contribution >= 0.6 is 11.3 Å². The molecule has 0 unspecified atom stereocenters. The van der Waals surface area contributed by atoms with E-state index in [4.69, 9.17) is 5.11 Å². The van der Waals surface area contributed by atoms with Gasteiger partial charge in [0.25, 0.3) is 5.91 Å². The lowest BCUT2D eigenvalue weighted by molar-refractivity contribution is -0.137. The van der Waals surface area contributed by atoms with E-state index in [9.17, 15) is 14.0 Å². The average Bonchev–Trinajstić information content (AvgIpc) is 2.77. The summed E-state index contributed by atoms with van der Waals surface area (Å²) in [6.07, 6.45) is 0.415. The van der Waals surface area contributed by atoms with Crippen molar-refractivity contribution in [3.63, 3.8) is 0 Å². The molecule has 0 aliphatic carbocycles. The van der Waals surface area contributed by atoms with Gasteiger partial charge in [-0.15, -0.1) is 11.3 Å². The maximum Gasteiger partial charge on any atom is 0.303 e. The van der Waals surface area contributed by atoms with Crippen molar-refractivity contribution in [3.05, 3.63) is 35.0 Å². The van der Waals surface area contributed by atoms with E-state index in [1.54, 1.807) is 12.1 Å². The minimum Gasteiger partial charge on any atom is -0.481 e. The quantitative estimate of drug-likeness (QED) is 0.828. The molecule has 0 aliphatic heterocycles. The highest BCUT2D eigenvalue weighted by atomic mass is 32.1. The number of carbonyl (C=O) groups is 2. The Hall–Kier alpha value is -1.95. The number of hydrogen-bond donors (Lipinski definition) is 2.